The average Bonchev–Trinajstić information content (AvgIpc) is 2.67. The van der Waals surface area contributed by atoms with Crippen LogP contribution in [0.2, 0.25) is 0 Å². The molecular weight excluding hydrogens is 336 g/mol. The minimum absolute atomic E-state index is 0.0151. The van der Waals surface area contributed by atoms with Crippen molar-refractivity contribution in [2.75, 3.05) is 19.7 Å². The lowest BCUT2D eigenvalue weighted by atomic mass is 9.94. The zero-order valence-corrected chi connectivity index (χ0v) is 18.4. The fourth-order valence-electron chi connectivity index (χ4n) is 3.51. The van der Waals surface area contributed by atoms with Gasteiger partial charge in [-0.15, -0.1) is 0 Å². The van der Waals surface area contributed by atoms with E-state index < -0.39 is 0 Å². The Morgan fingerprint density at radius 2 is 1.22 bits per heavy atom. The van der Waals surface area contributed by atoms with Gasteiger partial charge in [0.15, 0.2) is 0 Å². The van der Waals surface area contributed by atoms with Gasteiger partial charge in [-0.1, -0.05) is 90.9 Å². The average molecular weight is 385 g/mol. The molecule has 0 saturated carbocycles. The molecule has 27 heavy (non-hydrogen) atoms. The van der Waals surface area contributed by atoms with Gasteiger partial charge in [0, 0.05) is 19.7 Å². The molecule has 0 radical (unpaired) electrons. The van der Waals surface area contributed by atoms with Crippen molar-refractivity contribution in [1.29, 1.82) is 0 Å². The SMILES string of the molecule is CCCCCCCCC(CCCCCC)CNC(=O)NCCCCCCO. The summed E-state index contributed by atoms with van der Waals surface area (Å²) < 4.78 is 0. The van der Waals surface area contributed by atoms with Crippen molar-refractivity contribution in [3.05, 3.63) is 0 Å². The maximum absolute atomic E-state index is 12.0. The molecule has 1 unspecified atom stereocenters. The largest absolute Gasteiger partial charge is 0.396 e. The highest BCUT2D eigenvalue weighted by Crippen LogP contribution is 2.18. The predicted molar refractivity (Wildman–Crippen MR) is 117 cm³/mol. The van der Waals surface area contributed by atoms with E-state index in [1.165, 1.54) is 77.0 Å². The molecule has 0 bridgehead atoms. The molecule has 0 saturated heterocycles. The van der Waals surface area contributed by atoms with Gasteiger partial charge in [-0.3, -0.25) is 0 Å². The Bertz CT molecular complexity index is 311. The van der Waals surface area contributed by atoms with Crippen LogP contribution >= 0.6 is 0 Å². The van der Waals surface area contributed by atoms with E-state index in [1.54, 1.807) is 0 Å². The highest BCUT2D eigenvalue weighted by atomic mass is 16.2. The fraction of sp³-hybridized carbons (Fsp3) is 0.957. The van der Waals surface area contributed by atoms with Crippen LogP contribution in [0.1, 0.15) is 117 Å². The van der Waals surface area contributed by atoms with Crippen LogP contribution in [-0.2, 0) is 0 Å². The van der Waals surface area contributed by atoms with Crippen molar-refractivity contribution in [3.63, 3.8) is 0 Å². The molecule has 0 rings (SSSR count). The summed E-state index contributed by atoms with van der Waals surface area (Å²) in [5, 5.41) is 14.8. The molecular formula is C23H48N2O2. The zero-order valence-electron chi connectivity index (χ0n) is 18.4. The first-order chi connectivity index (χ1) is 13.2. The first-order valence-corrected chi connectivity index (χ1v) is 11.9. The Morgan fingerprint density at radius 3 is 1.85 bits per heavy atom. The second-order valence-corrected chi connectivity index (χ2v) is 8.05. The number of aliphatic hydroxyl groups excluding tert-OH is 1. The number of nitrogens with one attached hydrogen (secondary N) is 2. The predicted octanol–water partition coefficient (Wildman–Crippen LogP) is 6.18. The minimum atomic E-state index is -0.0151. The highest BCUT2D eigenvalue weighted by Gasteiger charge is 2.10. The van der Waals surface area contributed by atoms with Crippen LogP contribution in [0.5, 0.6) is 0 Å². The minimum Gasteiger partial charge on any atom is -0.396 e. The van der Waals surface area contributed by atoms with Crippen molar-refractivity contribution in [1.82, 2.24) is 10.6 Å². The van der Waals surface area contributed by atoms with Gasteiger partial charge in [0.05, 0.1) is 0 Å². The number of aliphatic hydroxyl groups is 1. The second-order valence-electron chi connectivity index (χ2n) is 8.05. The van der Waals surface area contributed by atoms with Gasteiger partial charge in [-0.05, 0) is 31.6 Å². The first kappa shape index (κ1) is 26.2. The van der Waals surface area contributed by atoms with Crippen LogP contribution < -0.4 is 10.6 Å². The van der Waals surface area contributed by atoms with Crippen LogP contribution in [0.4, 0.5) is 4.79 Å². The Labute approximate surface area is 169 Å². The lowest BCUT2D eigenvalue weighted by Gasteiger charge is -2.18. The number of unbranched alkanes of at least 4 members (excludes halogenated alkanes) is 11. The van der Waals surface area contributed by atoms with Gasteiger partial charge >= 0.3 is 6.03 Å². The number of rotatable bonds is 20. The van der Waals surface area contributed by atoms with Crippen molar-refractivity contribution < 1.29 is 9.90 Å². The normalized spacial score (nSPS) is 12.1. The monoisotopic (exact) mass is 384 g/mol. The molecule has 0 aromatic heterocycles. The summed E-state index contributed by atoms with van der Waals surface area (Å²) in [6.45, 7) is 6.33. The Balaban J connectivity index is 3.89. The van der Waals surface area contributed by atoms with Crippen LogP contribution in [0.15, 0.2) is 0 Å². The summed E-state index contributed by atoms with van der Waals surface area (Å²) in [4.78, 5) is 12.0. The first-order valence-electron chi connectivity index (χ1n) is 11.9. The Morgan fingerprint density at radius 1 is 0.704 bits per heavy atom. The van der Waals surface area contributed by atoms with Gasteiger partial charge in [0.1, 0.15) is 0 Å². The molecule has 2 amide bonds. The molecule has 0 fully saturated rings. The van der Waals surface area contributed by atoms with E-state index in [1.807, 2.05) is 0 Å². The zero-order chi connectivity index (χ0) is 20.0. The molecule has 4 nitrogen and oxygen atoms in total. The fourth-order valence-corrected chi connectivity index (χ4v) is 3.51. The number of urea groups is 1. The molecule has 0 aliphatic carbocycles. The Kier molecular flexibility index (Phi) is 20.9. The van der Waals surface area contributed by atoms with Crippen LogP contribution in [-0.4, -0.2) is 30.8 Å². The van der Waals surface area contributed by atoms with E-state index in [2.05, 4.69) is 24.5 Å². The van der Waals surface area contributed by atoms with E-state index in [4.69, 9.17) is 5.11 Å². The molecule has 4 heteroatoms. The summed E-state index contributed by atoms with van der Waals surface area (Å²) in [5.41, 5.74) is 0. The third kappa shape index (κ3) is 19.8. The van der Waals surface area contributed by atoms with E-state index >= 15 is 0 Å². The van der Waals surface area contributed by atoms with Crippen LogP contribution in [0, 0.1) is 5.92 Å². The third-order valence-corrected chi connectivity index (χ3v) is 5.35. The van der Waals surface area contributed by atoms with Gasteiger partial charge in [0.2, 0.25) is 0 Å². The van der Waals surface area contributed by atoms with Gasteiger partial charge in [0.25, 0.3) is 0 Å². The molecule has 0 aromatic rings. The summed E-state index contributed by atoms with van der Waals surface area (Å²) in [6.07, 6.45) is 19.7. The molecule has 1 atom stereocenters. The lowest BCUT2D eigenvalue weighted by molar-refractivity contribution is 0.237. The van der Waals surface area contributed by atoms with Crippen molar-refractivity contribution in [2.24, 2.45) is 5.92 Å². The number of carbonyl (C=O) groups excluding carboxylic acids is 1. The van der Waals surface area contributed by atoms with Crippen LogP contribution in [0.25, 0.3) is 0 Å². The third-order valence-electron chi connectivity index (χ3n) is 5.35. The molecule has 162 valence electrons. The van der Waals surface area contributed by atoms with Crippen molar-refractivity contribution in [2.45, 2.75) is 117 Å². The van der Waals surface area contributed by atoms with E-state index in [-0.39, 0.29) is 12.6 Å². The van der Waals surface area contributed by atoms with E-state index in [9.17, 15) is 4.79 Å². The number of hydrogen-bond acceptors (Lipinski definition) is 2. The summed E-state index contributed by atoms with van der Waals surface area (Å²) in [7, 11) is 0. The van der Waals surface area contributed by atoms with Crippen molar-refractivity contribution in [3.8, 4) is 0 Å². The summed E-state index contributed by atoms with van der Waals surface area (Å²) in [6, 6.07) is -0.0151. The molecule has 0 aliphatic heterocycles. The van der Waals surface area contributed by atoms with Crippen LogP contribution in [0.3, 0.4) is 0 Å². The molecule has 3 N–H and O–H groups in total. The standard InChI is InChI=1S/C23H48N2O2/c1-3-5-7-9-10-14-18-22(17-13-8-6-4-2)21-25-23(27)24-19-15-11-12-16-20-26/h22,26H,3-21H2,1-2H3,(H2,24,25,27). The maximum Gasteiger partial charge on any atom is 0.314 e. The van der Waals surface area contributed by atoms with Gasteiger partial charge in [-0.25, -0.2) is 4.79 Å². The van der Waals surface area contributed by atoms with Gasteiger partial charge < -0.3 is 15.7 Å². The highest BCUT2D eigenvalue weighted by molar-refractivity contribution is 5.73. The topological polar surface area (TPSA) is 61.4 Å². The molecule has 0 spiro atoms. The maximum atomic E-state index is 12.0. The summed E-state index contributed by atoms with van der Waals surface area (Å²) >= 11 is 0. The Hall–Kier alpha value is -0.770. The second kappa shape index (κ2) is 21.5. The quantitative estimate of drug-likeness (QED) is 0.220. The van der Waals surface area contributed by atoms with Crippen molar-refractivity contribution >= 4 is 6.03 Å². The summed E-state index contributed by atoms with van der Waals surface area (Å²) in [5.74, 6) is 0.628. The van der Waals surface area contributed by atoms with E-state index in [0.29, 0.717) is 5.92 Å². The molecule has 0 aliphatic rings. The van der Waals surface area contributed by atoms with E-state index in [0.717, 1.165) is 38.8 Å². The lowest BCUT2D eigenvalue weighted by Crippen LogP contribution is -2.38. The molecule has 0 heterocycles. The smallest absolute Gasteiger partial charge is 0.314 e. The number of amides is 2. The number of hydrogen-bond donors (Lipinski definition) is 3. The number of carbonyl (C=O) groups is 1. The van der Waals surface area contributed by atoms with Gasteiger partial charge in [-0.2, -0.15) is 0 Å². The molecule has 0 aromatic carbocycles.